The van der Waals surface area contributed by atoms with Gasteiger partial charge in [-0.05, 0) is 65.3 Å². The van der Waals surface area contributed by atoms with Crippen LogP contribution in [-0.2, 0) is 4.57 Å². The van der Waals surface area contributed by atoms with E-state index in [1.165, 1.54) is 24.3 Å². The summed E-state index contributed by atoms with van der Waals surface area (Å²) in [6.07, 6.45) is 0. The van der Waals surface area contributed by atoms with Gasteiger partial charge in [0, 0.05) is 12.1 Å². The van der Waals surface area contributed by atoms with Crippen LogP contribution in [0.3, 0.4) is 0 Å². The molecule has 0 unspecified atom stereocenters. The van der Waals surface area contributed by atoms with E-state index in [4.69, 9.17) is 12.3 Å². The number of hydrogen-bond acceptors (Lipinski definition) is 6. The SMILES string of the molecule is Cc1ccc([N+](=O)[O-])c(C(N)=O)c1.O=P(Cl)(Cl)Cl.[C-]#[N+]c1cc(C)ccc1[N+](=O)[O-]. The maximum absolute atomic E-state index is 10.8. The number of primary amides is 1. The van der Waals surface area contributed by atoms with E-state index < -0.39 is 21.0 Å². The summed E-state index contributed by atoms with van der Waals surface area (Å²) >= 11 is 13.8. The van der Waals surface area contributed by atoms with E-state index in [0.717, 1.165) is 11.1 Å². The maximum atomic E-state index is 10.8. The zero-order chi connectivity index (χ0) is 23.6. The van der Waals surface area contributed by atoms with Gasteiger partial charge in [-0.3, -0.25) is 29.6 Å². The minimum atomic E-state index is -3.22. The first-order valence-electron chi connectivity index (χ1n) is 7.53. The van der Waals surface area contributed by atoms with Crippen molar-refractivity contribution in [3.05, 3.63) is 84.7 Å². The van der Waals surface area contributed by atoms with Gasteiger partial charge in [0.1, 0.15) is 5.56 Å². The monoisotopic (exact) mass is 494 g/mol. The number of rotatable bonds is 3. The Balaban J connectivity index is 0.000000461. The molecule has 2 rings (SSSR count). The molecule has 0 heterocycles. The van der Waals surface area contributed by atoms with Crippen LogP contribution in [0.15, 0.2) is 36.4 Å². The molecule has 0 aromatic heterocycles. The van der Waals surface area contributed by atoms with Crippen molar-refractivity contribution in [2.45, 2.75) is 13.8 Å². The van der Waals surface area contributed by atoms with Crippen LogP contribution < -0.4 is 5.73 Å². The lowest BCUT2D eigenvalue weighted by Gasteiger charge is -1.99. The van der Waals surface area contributed by atoms with Crippen molar-refractivity contribution >= 4 is 61.9 Å². The van der Waals surface area contributed by atoms with E-state index in [-0.39, 0.29) is 22.6 Å². The lowest BCUT2D eigenvalue weighted by molar-refractivity contribution is -0.385. The van der Waals surface area contributed by atoms with Gasteiger partial charge in [-0.25, -0.2) is 4.85 Å². The molecule has 30 heavy (non-hydrogen) atoms. The summed E-state index contributed by atoms with van der Waals surface area (Å²) in [5, 5.41) is 17.6. The van der Waals surface area contributed by atoms with Crippen molar-refractivity contribution in [2.75, 3.05) is 0 Å². The fraction of sp³-hybridized carbons (Fsp3) is 0.125. The highest BCUT2D eigenvalue weighted by Gasteiger charge is 2.17. The van der Waals surface area contributed by atoms with Crippen LogP contribution in [0.5, 0.6) is 0 Å². The number of carbonyl (C=O) groups is 1. The second-order valence-corrected chi connectivity index (χ2v) is 12.0. The molecule has 0 aliphatic rings. The van der Waals surface area contributed by atoms with Crippen LogP contribution in [-0.4, -0.2) is 15.8 Å². The van der Waals surface area contributed by atoms with Crippen LogP contribution in [0.25, 0.3) is 4.85 Å². The van der Waals surface area contributed by atoms with E-state index >= 15 is 0 Å². The van der Waals surface area contributed by atoms with Crippen LogP contribution in [0.2, 0.25) is 0 Å². The van der Waals surface area contributed by atoms with Gasteiger partial charge in [-0.1, -0.05) is 17.7 Å². The Hall–Kier alpha value is -2.70. The zero-order valence-electron chi connectivity index (χ0n) is 15.4. The van der Waals surface area contributed by atoms with Crippen LogP contribution >= 0.6 is 38.9 Å². The Morgan fingerprint density at radius 2 is 1.40 bits per heavy atom. The van der Waals surface area contributed by atoms with Gasteiger partial charge in [0.2, 0.25) is 0 Å². The number of amides is 1. The highest BCUT2D eigenvalue weighted by atomic mass is 36.0. The van der Waals surface area contributed by atoms with E-state index in [9.17, 15) is 29.6 Å². The standard InChI is InChI=1S/C8H8N2O3.C8H6N2O2.Cl3OP/c1-5-2-3-7(10(12)13)6(4-5)8(9)11;1-6-3-4-8(10(11)12)7(5-6)9-2;1-5(2,3)4/h2-4H,1H3,(H2,9,11);3-5H,1H3;. The molecule has 0 atom stereocenters. The minimum Gasteiger partial charge on any atom is -0.365 e. The second kappa shape index (κ2) is 12.1. The lowest BCUT2D eigenvalue weighted by atomic mass is 10.1. The molecule has 10 nitrogen and oxygen atoms in total. The maximum Gasteiger partial charge on any atom is 0.339 e. The molecule has 0 saturated heterocycles. The minimum absolute atomic E-state index is 0.0509. The van der Waals surface area contributed by atoms with Gasteiger partial charge >= 0.3 is 5.20 Å². The quantitative estimate of drug-likeness (QED) is 0.229. The number of nitro groups is 2. The number of carbonyl (C=O) groups excluding carboxylic acids is 1. The molecule has 2 aromatic rings. The number of hydrogen-bond donors (Lipinski definition) is 1. The van der Waals surface area contributed by atoms with Crippen molar-refractivity contribution in [3.63, 3.8) is 0 Å². The van der Waals surface area contributed by atoms with Crippen molar-refractivity contribution in [3.8, 4) is 0 Å². The number of nitro benzene ring substituents is 2. The predicted molar refractivity (Wildman–Crippen MR) is 116 cm³/mol. The van der Waals surface area contributed by atoms with Crippen molar-refractivity contribution < 1.29 is 19.2 Å². The fourth-order valence-electron chi connectivity index (χ4n) is 1.88. The Morgan fingerprint density at radius 1 is 1.00 bits per heavy atom. The van der Waals surface area contributed by atoms with E-state index in [1.54, 1.807) is 26.0 Å². The summed E-state index contributed by atoms with van der Waals surface area (Å²) in [6.45, 7) is 10.2. The average Bonchev–Trinajstić information content (AvgIpc) is 2.60. The number of nitrogens with zero attached hydrogens (tertiary/aromatic N) is 3. The predicted octanol–water partition coefficient (Wildman–Crippen LogP) is 6.27. The normalized spacial score (nSPS) is 9.73. The summed E-state index contributed by atoms with van der Waals surface area (Å²) in [7, 11) is 0. The molecule has 0 spiro atoms. The topological polar surface area (TPSA) is 151 Å². The molecule has 0 aliphatic heterocycles. The molecule has 0 bridgehead atoms. The number of aryl methyl sites for hydroxylation is 2. The van der Waals surface area contributed by atoms with Crippen LogP contribution in [0.4, 0.5) is 17.1 Å². The van der Waals surface area contributed by atoms with E-state index in [1.807, 2.05) is 0 Å². The summed E-state index contributed by atoms with van der Waals surface area (Å²) in [6, 6.07) is 8.71. The van der Waals surface area contributed by atoms with E-state index in [2.05, 4.69) is 38.6 Å². The largest absolute Gasteiger partial charge is 0.365 e. The highest BCUT2D eigenvalue weighted by Crippen LogP contribution is 2.61. The molecule has 0 saturated carbocycles. The van der Waals surface area contributed by atoms with Crippen LogP contribution in [0.1, 0.15) is 21.5 Å². The number of nitrogens with two attached hydrogens (primary N) is 1. The Kier molecular flexibility index (Phi) is 11.0. The van der Waals surface area contributed by atoms with Gasteiger partial charge < -0.3 is 5.73 Å². The number of benzene rings is 2. The van der Waals surface area contributed by atoms with Gasteiger partial charge in [-0.15, -0.1) is 0 Å². The van der Waals surface area contributed by atoms with Crippen molar-refractivity contribution in [1.29, 1.82) is 0 Å². The molecule has 160 valence electrons. The van der Waals surface area contributed by atoms with Gasteiger partial charge in [0.15, 0.2) is 0 Å². The zero-order valence-corrected chi connectivity index (χ0v) is 18.6. The van der Waals surface area contributed by atoms with Crippen LogP contribution in [0, 0.1) is 40.6 Å². The van der Waals surface area contributed by atoms with Gasteiger partial charge in [0.25, 0.3) is 23.0 Å². The average molecular weight is 496 g/mol. The third-order valence-corrected chi connectivity index (χ3v) is 3.06. The summed E-state index contributed by atoms with van der Waals surface area (Å²) in [5.41, 5.74) is 6.26. The molecule has 0 aliphatic carbocycles. The molecular weight excluding hydrogens is 482 g/mol. The molecule has 2 aromatic carbocycles. The van der Waals surface area contributed by atoms with Gasteiger partial charge in [-0.2, -0.15) is 0 Å². The van der Waals surface area contributed by atoms with Crippen molar-refractivity contribution in [1.82, 2.24) is 0 Å². The Morgan fingerprint density at radius 3 is 1.77 bits per heavy atom. The van der Waals surface area contributed by atoms with E-state index in [0.29, 0.717) is 0 Å². The Labute approximate surface area is 185 Å². The molecule has 2 N–H and O–H groups in total. The number of halogens is 3. The molecular formula is C16H14Cl3N4O6P. The summed E-state index contributed by atoms with van der Waals surface area (Å²) in [4.78, 5) is 33.5. The highest BCUT2D eigenvalue weighted by molar-refractivity contribution is 8.24. The lowest BCUT2D eigenvalue weighted by Crippen LogP contribution is -2.13. The molecule has 0 fully saturated rings. The third-order valence-electron chi connectivity index (χ3n) is 3.06. The fourth-order valence-corrected chi connectivity index (χ4v) is 1.88. The first kappa shape index (κ1) is 27.3. The first-order chi connectivity index (χ1) is 13.7. The van der Waals surface area contributed by atoms with Crippen molar-refractivity contribution in [2.24, 2.45) is 5.73 Å². The second-order valence-electron chi connectivity index (χ2n) is 5.40. The molecule has 0 radical (unpaired) electrons. The third kappa shape index (κ3) is 10.7. The smallest absolute Gasteiger partial charge is 0.339 e. The molecule has 14 heteroatoms. The molecule has 1 amide bonds. The Bertz CT molecular complexity index is 1040. The van der Waals surface area contributed by atoms with Gasteiger partial charge in [0.05, 0.1) is 16.4 Å². The first-order valence-corrected chi connectivity index (χ1v) is 12.0. The summed E-state index contributed by atoms with van der Waals surface area (Å²) in [5.74, 6) is -0.782. The summed E-state index contributed by atoms with van der Waals surface area (Å²) < 4.78 is 9.51.